The average molecular weight is 297 g/mol. The van der Waals surface area contributed by atoms with Crippen molar-refractivity contribution < 1.29 is 9.53 Å². The van der Waals surface area contributed by atoms with Gasteiger partial charge in [-0.15, -0.1) is 0 Å². The Morgan fingerprint density at radius 2 is 2.10 bits per heavy atom. The summed E-state index contributed by atoms with van der Waals surface area (Å²) in [5, 5.41) is 6.54. The number of morpholine rings is 1. The second kappa shape index (κ2) is 8.11. The van der Waals surface area contributed by atoms with Gasteiger partial charge in [-0.25, -0.2) is 0 Å². The van der Waals surface area contributed by atoms with Crippen LogP contribution in [0.15, 0.2) is 0 Å². The number of carbonyl (C=O) groups excluding carboxylic acids is 1. The van der Waals surface area contributed by atoms with Gasteiger partial charge in [-0.05, 0) is 32.2 Å². The van der Waals surface area contributed by atoms with Crippen molar-refractivity contribution in [3.63, 3.8) is 0 Å². The molecule has 3 atom stereocenters. The fourth-order valence-corrected chi connectivity index (χ4v) is 3.41. The molecule has 0 aliphatic carbocycles. The zero-order valence-electron chi connectivity index (χ0n) is 13.7. The molecule has 21 heavy (non-hydrogen) atoms. The molecule has 5 nitrogen and oxygen atoms in total. The van der Waals surface area contributed by atoms with Crippen LogP contribution in [0.4, 0.5) is 0 Å². The number of amides is 1. The largest absolute Gasteiger partial charge is 0.379 e. The minimum absolute atomic E-state index is 0.134. The normalized spacial score (nSPS) is 28.8. The lowest BCUT2D eigenvalue weighted by Gasteiger charge is -2.35. The molecule has 5 heteroatoms. The van der Waals surface area contributed by atoms with Gasteiger partial charge >= 0.3 is 0 Å². The van der Waals surface area contributed by atoms with E-state index < -0.39 is 0 Å². The van der Waals surface area contributed by atoms with Gasteiger partial charge in [-0.1, -0.05) is 13.8 Å². The third-order valence-electron chi connectivity index (χ3n) is 4.68. The summed E-state index contributed by atoms with van der Waals surface area (Å²) < 4.78 is 5.44. The maximum Gasteiger partial charge on any atom is 0.224 e. The number of carbonyl (C=O) groups is 1. The van der Waals surface area contributed by atoms with Gasteiger partial charge in [0, 0.05) is 31.7 Å². The summed E-state index contributed by atoms with van der Waals surface area (Å²) >= 11 is 0. The first-order chi connectivity index (χ1) is 10.1. The first-order valence-electron chi connectivity index (χ1n) is 8.40. The molecule has 2 rings (SSSR count). The van der Waals surface area contributed by atoms with Crippen LogP contribution < -0.4 is 10.6 Å². The Morgan fingerprint density at radius 1 is 1.38 bits per heavy atom. The minimum atomic E-state index is 0.134. The second-order valence-corrected chi connectivity index (χ2v) is 6.81. The summed E-state index contributed by atoms with van der Waals surface area (Å²) in [5.74, 6) is 0.991. The molecule has 3 unspecified atom stereocenters. The van der Waals surface area contributed by atoms with Crippen molar-refractivity contribution in [2.45, 2.75) is 45.7 Å². The first-order valence-corrected chi connectivity index (χ1v) is 8.40. The maximum atomic E-state index is 12.3. The molecule has 0 bridgehead atoms. The molecule has 2 heterocycles. The molecule has 122 valence electrons. The molecule has 2 N–H and O–H groups in total. The van der Waals surface area contributed by atoms with Crippen molar-refractivity contribution in [2.24, 2.45) is 11.8 Å². The van der Waals surface area contributed by atoms with Crippen molar-refractivity contribution in [1.29, 1.82) is 0 Å². The molecule has 2 aliphatic rings. The third-order valence-corrected chi connectivity index (χ3v) is 4.68. The van der Waals surface area contributed by atoms with Crippen molar-refractivity contribution in [2.75, 3.05) is 39.4 Å². The molecular formula is C16H31N3O2. The summed E-state index contributed by atoms with van der Waals surface area (Å²) in [6.07, 6.45) is 2.08. The highest BCUT2D eigenvalue weighted by Crippen LogP contribution is 2.16. The second-order valence-electron chi connectivity index (χ2n) is 6.81. The van der Waals surface area contributed by atoms with E-state index in [2.05, 4.69) is 36.3 Å². The average Bonchev–Trinajstić information content (AvgIpc) is 2.90. The standard InChI is InChI=1S/C16H31N3O2/c1-12(2)10-14(19-6-8-21-9-7-19)11-18-16(20)15-4-5-17-13(15)3/h12-15,17H,4-11H2,1-3H3,(H,18,20). The van der Waals surface area contributed by atoms with Crippen molar-refractivity contribution in [3.8, 4) is 0 Å². The van der Waals surface area contributed by atoms with E-state index in [1.165, 1.54) is 0 Å². The topological polar surface area (TPSA) is 53.6 Å². The number of nitrogens with zero attached hydrogens (tertiary/aromatic N) is 1. The van der Waals surface area contributed by atoms with E-state index in [4.69, 9.17) is 4.74 Å². The van der Waals surface area contributed by atoms with E-state index in [1.807, 2.05) is 0 Å². The molecule has 0 aromatic rings. The number of ether oxygens (including phenoxy) is 1. The summed E-state index contributed by atoms with van der Waals surface area (Å²) in [6.45, 7) is 11.9. The third kappa shape index (κ3) is 4.94. The molecular weight excluding hydrogens is 266 g/mol. The molecule has 0 spiro atoms. The molecule has 0 aromatic heterocycles. The Hall–Kier alpha value is -0.650. The molecule has 0 aromatic carbocycles. The monoisotopic (exact) mass is 297 g/mol. The van der Waals surface area contributed by atoms with Gasteiger partial charge in [0.05, 0.1) is 19.1 Å². The Kier molecular flexibility index (Phi) is 6.45. The van der Waals surface area contributed by atoms with Gasteiger partial charge in [0.15, 0.2) is 0 Å². The molecule has 1 amide bonds. The maximum absolute atomic E-state index is 12.3. The van der Waals surface area contributed by atoms with Crippen molar-refractivity contribution in [3.05, 3.63) is 0 Å². The smallest absolute Gasteiger partial charge is 0.224 e. The Balaban J connectivity index is 1.84. The Labute approximate surface area is 128 Å². The highest BCUT2D eigenvalue weighted by atomic mass is 16.5. The van der Waals surface area contributed by atoms with Crippen LogP contribution in [0.2, 0.25) is 0 Å². The number of hydrogen-bond acceptors (Lipinski definition) is 4. The predicted molar refractivity (Wildman–Crippen MR) is 84.2 cm³/mol. The van der Waals surface area contributed by atoms with Crippen LogP contribution in [0.25, 0.3) is 0 Å². The fraction of sp³-hybridized carbons (Fsp3) is 0.938. The lowest BCUT2D eigenvalue weighted by Crippen LogP contribution is -2.50. The predicted octanol–water partition coefficient (Wildman–Crippen LogP) is 0.848. The number of hydrogen-bond donors (Lipinski definition) is 2. The molecule has 2 aliphatic heterocycles. The fourth-order valence-electron chi connectivity index (χ4n) is 3.41. The highest BCUT2D eigenvalue weighted by molar-refractivity contribution is 5.79. The molecule has 0 saturated carbocycles. The minimum Gasteiger partial charge on any atom is -0.379 e. The molecule has 0 radical (unpaired) electrons. The summed E-state index contributed by atoms with van der Waals surface area (Å²) in [6, 6.07) is 0.736. The van der Waals surface area contributed by atoms with E-state index in [9.17, 15) is 4.79 Å². The van der Waals surface area contributed by atoms with Gasteiger partial charge in [0.25, 0.3) is 0 Å². The van der Waals surface area contributed by atoms with Crippen LogP contribution in [0, 0.1) is 11.8 Å². The lowest BCUT2D eigenvalue weighted by atomic mass is 9.99. The molecule has 2 saturated heterocycles. The quantitative estimate of drug-likeness (QED) is 0.763. The summed E-state index contributed by atoms with van der Waals surface area (Å²) in [4.78, 5) is 14.8. The first kappa shape index (κ1) is 16.7. The van der Waals surface area contributed by atoms with Crippen LogP contribution >= 0.6 is 0 Å². The lowest BCUT2D eigenvalue weighted by molar-refractivity contribution is -0.125. The summed E-state index contributed by atoms with van der Waals surface area (Å²) in [5.41, 5.74) is 0. The van der Waals surface area contributed by atoms with Crippen molar-refractivity contribution in [1.82, 2.24) is 15.5 Å². The van der Waals surface area contributed by atoms with Crippen molar-refractivity contribution >= 4 is 5.91 Å². The molecule has 2 fully saturated rings. The zero-order valence-corrected chi connectivity index (χ0v) is 13.7. The highest BCUT2D eigenvalue weighted by Gasteiger charge is 2.30. The Bertz CT molecular complexity index is 329. The van der Waals surface area contributed by atoms with E-state index in [0.717, 1.165) is 52.2 Å². The van der Waals surface area contributed by atoms with Crippen LogP contribution in [-0.4, -0.2) is 62.3 Å². The SMILES string of the molecule is CC(C)CC(CNC(=O)C1CCNC1C)N1CCOCC1. The van der Waals surface area contributed by atoms with Crippen LogP contribution in [0.5, 0.6) is 0 Å². The van der Waals surface area contributed by atoms with Crippen LogP contribution in [0.1, 0.15) is 33.6 Å². The van der Waals surface area contributed by atoms with E-state index in [0.29, 0.717) is 18.0 Å². The summed E-state index contributed by atoms with van der Waals surface area (Å²) in [7, 11) is 0. The van der Waals surface area contributed by atoms with E-state index in [-0.39, 0.29) is 11.8 Å². The van der Waals surface area contributed by atoms with Gasteiger partial charge < -0.3 is 15.4 Å². The Morgan fingerprint density at radius 3 is 2.67 bits per heavy atom. The van der Waals surface area contributed by atoms with Crippen LogP contribution in [0.3, 0.4) is 0 Å². The zero-order chi connectivity index (χ0) is 15.2. The van der Waals surface area contributed by atoms with Gasteiger partial charge in [0.2, 0.25) is 5.91 Å². The number of nitrogens with one attached hydrogen (secondary N) is 2. The van der Waals surface area contributed by atoms with Gasteiger partial charge in [0.1, 0.15) is 0 Å². The van der Waals surface area contributed by atoms with Crippen LogP contribution in [-0.2, 0) is 9.53 Å². The van der Waals surface area contributed by atoms with Gasteiger partial charge in [-0.3, -0.25) is 9.69 Å². The number of rotatable bonds is 6. The van der Waals surface area contributed by atoms with Gasteiger partial charge in [-0.2, -0.15) is 0 Å². The van der Waals surface area contributed by atoms with E-state index in [1.54, 1.807) is 0 Å². The van der Waals surface area contributed by atoms with E-state index >= 15 is 0 Å².